The molecule has 7 heteroatoms. The van der Waals surface area contributed by atoms with Gasteiger partial charge >= 0.3 is 5.76 Å². The second kappa shape index (κ2) is 6.20. The number of nitrogens with one attached hydrogen (secondary N) is 1. The van der Waals surface area contributed by atoms with Gasteiger partial charge in [0.15, 0.2) is 5.82 Å². The molecule has 1 aromatic rings. The highest BCUT2D eigenvalue weighted by atomic mass is 35.5. The van der Waals surface area contributed by atoms with E-state index in [1.54, 1.807) is 0 Å². The zero-order chi connectivity index (χ0) is 15.7. The predicted molar refractivity (Wildman–Crippen MR) is 82.6 cm³/mol. The summed E-state index contributed by atoms with van der Waals surface area (Å²) >= 11 is 6.51. The van der Waals surface area contributed by atoms with Crippen LogP contribution in [0, 0.1) is 0 Å². The molecule has 0 saturated heterocycles. The van der Waals surface area contributed by atoms with E-state index in [9.17, 15) is 4.79 Å². The van der Waals surface area contributed by atoms with Gasteiger partial charge in [0.25, 0.3) is 0 Å². The summed E-state index contributed by atoms with van der Waals surface area (Å²) in [6.45, 7) is 2.70. The number of halogens is 1. The molecule has 0 bridgehead atoms. The summed E-state index contributed by atoms with van der Waals surface area (Å²) in [6, 6.07) is 0.289. The Morgan fingerprint density at radius 1 is 1.59 bits per heavy atom. The van der Waals surface area contributed by atoms with Crippen molar-refractivity contribution in [3.8, 4) is 0 Å². The van der Waals surface area contributed by atoms with E-state index < -0.39 is 5.76 Å². The number of hydrogen-bond donors (Lipinski definition) is 1. The van der Waals surface area contributed by atoms with Crippen molar-refractivity contribution in [3.63, 3.8) is 0 Å². The van der Waals surface area contributed by atoms with Gasteiger partial charge in [-0.15, -0.1) is 11.6 Å². The van der Waals surface area contributed by atoms with Crippen LogP contribution in [-0.2, 0) is 11.2 Å². The standard InChI is InChI=1S/C15H20ClN3O3/c1-9-13(16)10-5-3-6-11(14(10)19(9)2)21-8-4-7-12-17-15(20)22-18-12/h6,9,13H,3-5,7-8H2,1-2H3,(H,17,18,20). The smallest absolute Gasteiger partial charge is 0.438 e. The van der Waals surface area contributed by atoms with Gasteiger partial charge in [0.2, 0.25) is 0 Å². The maximum atomic E-state index is 10.8. The van der Waals surface area contributed by atoms with Crippen molar-refractivity contribution >= 4 is 11.6 Å². The van der Waals surface area contributed by atoms with Crippen molar-refractivity contribution in [1.82, 2.24) is 15.0 Å². The second-order valence-corrected chi connectivity index (χ2v) is 6.20. The minimum atomic E-state index is -0.518. The van der Waals surface area contributed by atoms with Crippen LogP contribution in [-0.4, -0.2) is 40.1 Å². The molecular formula is C15H20ClN3O3. The van der Waals surface area contributed by atoms with Gasteiger partial charge in [0, 0.05) is 19.5 Å². The Balaban J connectivity index is 1.57. The summed E-state index contributed by atoms with van der Waals surface area (Å²) in [5.41, 5.74) is 2.43. The Morgan fingerprint density at radius 3 is 3.14 bits per heavy atom. The third-order valence-corrected chi connectivity index (χ3v) is 4.93. The molecule has 1 aromatic heterocycles. The number of rotatable bonds is 5. The number of hydrogen-bond acceptors (Lipinski definition) is 5. The Kier molecular flexibility index (Phi) is 4.29. The van der Waals surface area contributed by atoms with Crippen molar-refractivity contribution in [1.29, 1.82) is 0 Å². The molecule has 0 saturated carbocycles. The predicted octanol–water partition coefficient (Wildman–Crippen LogP) is 2.19. The molecule has 0 amide bonds. The third-order valence-electron chi connectivity index (χ3n) is 4.30. The zero-order valence-corrected chi connectivity index (χ0v) is 13.5. The minimum absolute atomic E-state index is 0.0625. The second-order valence-electron chi connectivity index (χ2n) is 5.73. The highest BCUT2D eigenvalue weighted by Gasteiger charge is 2.37. The van der Waals surface area contributed by atoms with Crippen molar-refractivity contribution in [3.05, 3.63) is 39.5 Å². The Hall–Kier alpha value is -1.69. The van der Waals surface area contributed by atoms with Gasteiger partial charge in [0.1, 0.15) is 5.76 Å². The summed E-state index contributed by atoms with van der Waals surface area (Å²) in [4.78, 5) is 15.6. The minimum Gasteiger partial charge on any atom is -0.492 e. The number of aromatic amines is 1. The van der Waals surface area contributed by atoms with Gasteiger partial charge < -0.3 is 9.64 Å². The molecule has 2 heterocycles. The number of alkyl halides is 1. The zero-order valence-electron chi connectivity index (χ0n) is 12.8. The fraction of sp³-hybridized carbons (Fsp3) is 0.600. The van der Waals surface area contributed by atoms with Gasteiger partial charge in [-0.05, 0) is 37.8 Å². The average molecular weight is 326 g/mol. The Bertz CT molecular complexity index is 661. The number of H-pyrrole nitrogens is 1. The first-order valence-corrected chi connectivity index (χ1v) is 7.99. The largest absolute Gasteiger partial charge is 0.492 e. The van der Waals surface area contributed by atoms with E-state index in [0.717, 1.165) is 30.7 Å². The molecule has 1 aliphatic carbocycles. The number of nitrogens with zero attached hydrogens (tertiary/aromatic N) is 2. The lowest BCUT2D eigenvalue weighted by Gasteiger charge is -2.25. The molecule has 2 atom stereocenters. The molecule has 120 valence electrons. The van der Waals surface area contributed by atoms with Gasteiger partial charge in [-0.1, -0.05) is 5.16 Å². The van der Waals surface area contributed by atoms with Crippen LogP contribution >= 0.6 is 11.6 Å². The highest BCUT2D eigenvalue weighted by molar-refractivity contribution is 6.23. The van der Waals surface area contributed by atoms with Crippen LogP contribution in [0.4, 0.5) is 0 Å². The first-order valence-electron chi connectivity index (χ1n) is 7.56. The molecule has 6 nitrogen and oxygen atoms in total. The van der Waals surface area contributed by atoms with Gasteiger partial charge in [-0.25, -0.2) is 4.79 Å². The average Bonchev–Trinajstić information content (AvgIpc) is 3.02. The first-order chi connectivity index (χ1) is 10.6. The molecule has 1 N–H and O–H groups in total. The van der Waals surface area contributed by atoms with Crippen LogP contribution in [0.25, 0.3) is 0 Å². The van der Waals surface area contributed by atoms with Crippen LogP contribution in [0.5, 0.6) is 0 Å². The summed E-state index contributed by atoms with van der Waals surface area (Å²) < 4.78 is 10.4. The number of likely N-dealkylation sites (N-methyl/N-ethyl adjacent to an activating group) is 1. The third kappa shape index (κ3) is 2.79. The van der Waals surface area contributed by atoms with E-state index >= 15 is 0 Å². The van der Waals surface area contributed by atoms with Crippen molar-refractivity contribution in [2.75, 3.05) is 13.7 Å². The lowest BCUT2D eigenvalue weighted by Crippen LogP contribution is -2.28. The molecule has 0 spiro atoms. The normalized spacial score (nSPS) is 24.5. The van der Waals surface area contributed by atoms with Crippen LogP contribution < -0.4 is 5.76 Å². The van der Waals surface area contributed by atoms with E-state index in [1.165, 1.54) is 5.57 Å². The molecular weight excluding hydrogens is 306 g/mol. The molecule has 2 unspecified atom stereocenters. The number of aryl methyl sites for hydroxylation is 1. The number of ether oxygens (including phenoxy) is 1. The van der Waals surface area contributed by atoms with Gasteiger partial charge in [0.05, 0.1) is 17.7 Å². The van der Waals surface area contributed by atoms with E-state index in [2.05, 4.69) is 39.6 Å². The highest BCUT2D eigenvalue weighted by Crippen LogP contribution is 2.40. The number of aromatic nitrogens is 2. The maximum Gasteiger partial charge on any atom is 0.438 e. The fourth-order valence-corrected chi connectivity index (χ4v) is 3.39. The summed E-state index contributed by atoms with van der Waals surface area (Å²) in [5, 5.41) is 3.70. The van der Waals surface area contributed by atoms with Crippen molar-refractivity contribution in [2.45, 2.75) is 44.0 Å². The lowest BCUT2D eigenvalue weighted by atomic mass is 9.99. The summed E-state index contributed by atoms with van der Waals surface area (Å²) in [7, 11) is 2.06. The van der Waals surface area contributed by atoms with Gasteiger partial charge in [-0.3, -0.25) is 9.51 Å². The molecule has 22 heavy (non-hydrogen) atoms. The molecule has 0 radical (unpaired) electrons. The maximum absolute atomic E-state index is 10.8. The first kappa shape index (κ1) is 15.2. The molecule has 3 rings (SSSR count). The Labute approximate surface area is 133 Å². The summed E-state index contributed by atoms with van der Waals surface area (Å²) in [6.07, 6.45) is 5.48. The quantitative estimate of drug-likeness (QED) is 0.663. The lowest BCUT2D eigenvalue weighted by molar-refractivity contribution is 0.194. The Morgan fingerprint density at radius 2 is 2.41 bits per heavy atom. The number of allylic oxidation sites excluding steroid dienone is 1. The molecule has 1 aliphatic heterocycles. The van der Waals surface area contributed by atoms with Crippen LogP contribution in [0.15, 0.2) is 32.4 Å². The monoisotopic (exact) mass is 325 g/mol. The van der Waals surface area contributed by atoms with Crippen LogP contribution in [0.3, 0.4) is 0 Å². The topological polar surface area (TPSA) is 71.4 Å². The molecule has 2 aliphatic rings. The van der Waals surface area contributed by atoms with Crippen LogP contribution in [0.2, 0.25) is 0 Å². The fourth-order valence-electron chi connectivity index (χ4n) is 3.01. The van der Waals surface area contributed by atoms with E-state index in [1.807, 2.05) is 0 Å². The van der Waals surface area contributed by atoms with E-state index in [-0.39, 0.29) is 11.4 Å². The molecule has 0 aromatic carbocycles. The molecule has 0 fully saturated rings. The summed E-state index contributed by atoms with van der Waals surface area (Å²) in [5.74, 6) is 0.960. The van der Waals surface area contributed by atoms with Crippen molar-refractivity contribution < 1.29 is 9.26 Å². The SMILES string of the molecule is CC1C(Cl)C2=C(C(OCCCc3noc(=O)[nH]3)=CCC2)N1C. The van der Waals surface area contributed by atoms with E-state index in [4.69, 9.17) is 16.3 Å². The van der Waals surface area contributed by atoms with E-state index in [0.29, 0.717) is 18.9 Å². The van der Waals surface area contributed by atoms with Crippen molar-refractivity contribution in [2.24, 2.45) is 0 Å². The van der Waals surface area contributed by atoms with Gasteiger partial charge in [-0.2, -0.15) is 0 Å². The van der Waals surface area contributed by atoms with Crippen LogP contribution in [0.1, 0.15) is 32.0 Å².